The quantitative estimate of drug-likeness (QED) is 0.365. The highest BCUT2D eigenvalue weighted by molar-refractivity contribution is 7.09. The van der Waals surface area contributed by atoms with E-state index in [0.717, 1.165) is 27.5 Å². The summed E-state index contributed by atoms with van der Waals surface area (Å²) in [6.45, 7) is 3.18. The molecule has 2 aromatic carbocycles. The van der Waals surface area contributed by atoms with Gasteiger partial charge in [-0.1, -0.05) is 54.1 Å². The zero-order chi connectivity index (χ0) is 24.1. The first kappa shape index (κ1) is 23.9. The molecule has 1 unspecified atom stereocenters. The van der Waals surface area contributed by atoms with Gasteiger partial charge in [-0.25, -0.2) is 4.98 Å². The highest BCUT2D eigenvalue weighted by Crippen LogP contribution is 2.24. The molecule has 0 spiro atoms. The summed E-state index contributed by atoms with van der Waals surface area (Å²) in [5.74, 6) is -0.442. The Labute approximate surface area is 207 Å². The van der Waals surface area contributed by atoms with Gasteiger partial charge in [-0.15, -0.1) is 11.3 Å². The Balaban J connectivity index is 1.50. The van der Waals surface area contributed by atoms with Crippen molar-refractivity contribution < 1.29 is 4.79 Å². The van der Waals surface area contributed by atoms with Crippen LogP contribution in [0.2, 0.25) is 5.02 Å². The minimum Gasteiger partial charge on any atom is -0.341 e. The maximum Gasteiger partial charge on any atom is 0.261 e. The van der Waals surface area contributed by atoms with Gasteiger partial charge < -0.3 is 10.3 Å². The number of thiazole rings is 1. The summed E-state index contributed by atoms with van der Waals surface area (Å²) in [6, 6.07) is 19.9. The SMILES string of the molecule is Cc1nc(CN(C)Cc2ccc(C(=O)NC(c3ccccc3)c3ccc(Cl)cc3)c(=O)[nH]2)cs1. The minimum atomic E-state index is -0.442. The lowest BCUT2D eigenvalue weighted by Crippen LogP contribution is -2.33. The summed E-state index contributed by atoms with van der Waals surface area (Å²) < 4.78 is 0. The Morgan fingerprint density at radius 1 is 1.06 bits per heavy atom. The van der Waals surface area contributed by atoms with E-state index >= 15 is 0 Å². The lowest BCUT2D eigenvalue weighted by atomic mass is 9.98. The molecular weight excluding hydrogens is 468 g/mol. The van der Waals surface area contributed by atoms with Crippen LogP contribution in [-0.4, -0.2) is 27.8 Å². The molecule has 34 heavy (non-hydrogen) atoms. The van der Waals surface area contributed by atoms with Gasteiger partial charge in [-0.2, -0.15) is 0 Å². The van der Waals surface area contributed by atoms with E-state index < -0.39 is 17.5 Å². The van der Waals surface area contributed by atoms with Crippen molar-refractivity contribution in [2.24, 2.45) is 0 Å². The predicted molar refractivity (Wildman–Crippen MR) is 136 cm³/mol. The number of H-pyrrole nitrogens is 1. The maximum atomic E-state index is 13.1. The Bertz CT molecular complexity index is 1320. The standard InChI is InChI=1S/C26H25ClN4O2S/c1-17-28-22(16-34-17)15-31(2)14-21-12-13-23(25(32)29-21)26(33)30-24(18-6-4-3-5-7-18)19-8-10-20(27)11-9-19/h3-13,16,24H,14-15H2,1-2H3,(H,29,32)(H,30,33). The number of rotatable bonds is 8. The topological polar surface area (TPSA) is 78.1 Å². The largest absolute Gasteiger partial charge is 0.341 e. The molecule has 2 aromatic heterocycles. The van der Waals surface area contributed by atoms with Crippen molar-refractivity contribution >= 4 is 28.8 Å². The third-order valence-electron chi connectivity index (χ3n) is 5.36. The number of aromatic nitrogens is 2. The van der Waals surface area contributed by atoms with Gasteiger partial charge in [0, 0.05) is 29.2 Å². The second kappa shape index (κ2) is 10.8. The fraction of sp³-hybridized carbons (Fsp3) is 0.192. The molecule has 1 amide bonds. The third-order valence-corrected chi connectivity index (χ3v) is 6.44. The van der Waals surface area contributed by atoms with E-state index in [4.69, 9.17) is 11.6 Å². The Morgan fingerprint density at radius 3 is 2.41 bits per heavy atom. The summed E-state index contributed by atoms with van der Waals surface area (Å²) in [6.07, 6.45) is 0. The van der Waals surface area contributed by atoms with E-state index in [1.807, 2.05) is 61.8 Å². The molecule has 0 saturated heterocycles. The van der Waals surface area contributed by atoms with Crippen LogP contribution in [0.15, 0.2) is 76.9 Å². The molecule has 0 fully saturated rings. The van der Waals surface area contributed by atoms with Crippen LogP contribution in [0.3, 0.4) is 0 Å². The molecule has 4 rings (SSSR count). The summed E-state index contributed by atoms with van der Waals surface area (Å²) in [4.78, 5) is 35.2. The average Bonchev–Trinajstić information content (AvgIpc) is 3.23. The monoisotopic (exact) mass is 492 g/mol. The molecule has 0 bridgehead atoms. The molecule has 4 aromatic rings. The van der Waals surface area contributed by atoms with Crippen molar-refractivity contribution in [3.8, 4) is 0 Å². The van der Waals surface area contributed by atoms with Crippen LogP contribution in [0.25, 0.3) is 0 Å². The molecule has 0 aliphatic heterocycles. The van der Waals surface area contributed by atoms with E-state index in [9.17, 15) is 9.59 Å². The first-order valence-electron chi connectivity index (χ1n) is 10.8. The van der Waals surface area contributed by atoms with Gasteiger partial charge in [0.2, 0.25) is 0 Å². The van der Waals surface area contributed by atoms with Gasteiger partial charge in [-0.3, -0.25) is 14.5 Å². The van der Waals surface area contributed by atoms with Crippen molar-refractivity contribution in [2.75, 3.05) is 7.05 Å². The van der Waals surface area contributed by atoms with Crippen molar-refractivity contribution in [1.29, 1.82) is 0 Å². The van der Waals surface area contributed by atoms with Gasteiger partial charge in [-0.05, 0) is 49.4 Å². The van der Waals surface area contributed by atoms with Crippen molar-refractivity contribution in [3.63, 3.8) is 0 Å². The van der Waals surface area contributed by atoms with Crippen LogP contribution in [0, 0.1) is 6.92 Å². The second-order valence-electron chi connectivity index (χ2n) is 8.13. The van der Waals surface area contributed by atoms with Crippen LogP contribution in [0.4, 0.5) is 0 Å². The smallest absolute Gasteiger partial charge is 0.261 e. The van der Waals surface area contributed by atoms with E-state index in [0.29, 0.717) is 18.1 Å². The number of nitrogens with one attached hydrogen (secondary N) is 2. The number of benzene rings is 2. The first-order chi connectivity index (χ1) is 16.4. The van der Waals surface area contributed by atoms with Gasteiger partial charge in [0.15, 0.2) is 0 Å². The summed E-state index contributed by atoms with van der Waals surface area (Å²) >= 11 is 7.66. The number of nitrogens with zero attached hydrogens (tertiary/aromatic N) is 2. The van der Waals surface area contributed by atoms with E-state index in [-0.39, 0.29) is 5.56 Å². The second-order valence-corrected chi connectivity index (χ2v) is 9.62. The van der Waals surface area contributed by atoms with E-state index in [1.165, 1.54) is 0 Å². The number of carbonyl (C=O) groups is 1. The zero-order valence-corrected chi connectivity index (χ0v) is 20.5. The van der Waals surface area contributed by atoms with Crippen LogP contribution in [-0.2, 0) is 13.1 Å². The van der Waals surface area contributed by atoms with Crippen LogP contribution >= 0.6 is 22.9 Å². The molecule has 2 heterocycles. The lowest BCUT2D eigenvalue weighted by Gasteiger charge is -2.20. The Morgan fingerprint density at radius 2 is 1.76 bits per heavy atom. The van der Waals surface area contributed by atoms with Gasteiger partial charge in [0.05, 0.1) is 16.7 Å². The first-order valence-corrected chi connectivity index (χ1v) is 12.1. The number of hydrogen-bond donors (Lipinski definition) is 2. The maximum absolute atomic E-state index is 13.1. The third kappa shape index (κ3) is 5.99. The van der Waals surface area contributed by atoms with Crippen molar-refractivity contribution in [3.05, 3.63) is 121 Å². The molecule has 2 N–H and O–H groups in total. The number of carbonyl (C=O) groups excluding carboxylic acids is 1. The minimum absolute atomic E-state index is 0.0661. The van der Waals surface area contributed by atoms with Crippen LogP contribution in [0.5, 0.6) is 0 Å². The predicted octanol–water partition coefficient (Wildman–Crippen LogP) is 4.94. The molecule has 6 nitrogen and oxygen atoms in total. The summed E-state index contributed by atoms with van der Waals surface area (Å²) in [7, 11) is 1.96. The van der Waals surface area contributed by atoms with Crippen molar-refractivity contribution in [1.82, 2.24) is 20.2 Å². The Kier molecular flexibility index (Phi) is 7.57. The number of hydrogen-bond acceptors (Lipinski definition) is 5. The van der Waals surface area contributed by atoms with Gasteiger partial charge in [0.25, 0.3) is 11.5 Å². The normalized spacial score (nSPS) is 12.0. The lowest BCUT2D eigenvalue weighted by molar-refractivity contribution is 0.0941. The van der Waals surface area contributed by atoms with E-state index in [1.54, 1.807) is 35.6 Å². The highest BCUT2D eigenvalue weighted by Gasteiger charge is 2.20. The Hall–Kier alpha value is -3.26. The number of aryl methyl sites for hydroxylation is 1. The molecule has 0 aliphatic rings. The summed E-state index contributed by atoms with van der Waals surface area (Å²) in [5, 5.41) is 6.68. The molecule has 1 atom stereocenters. The fourth-order valence-corrected chi connectivity index (χ4v) is 4.49. The van der Waals surface area contributed by atoms with Crippen LogP contribution < -0.4 is 10.9 Å². The summed E-state index contributed by atoms with van der Waals surface area (Å²) in [5.41, 5.74) is 3.15. The molecule has 8 heteroatoms. The van der Waals surface area contributed by atoms with Gasteiger partial charge >= 0.3 is 0 Å². The average molecular weight is 493 g/mol. The number of aromatic amines is 1. The molecule has 0 aliphatic carbocycles. The molecular formula is C26H25ClN4O2S. The van der Waals surface area contributed by atoms with Gasteiger partial charge in [0.1, 0.15) is 5.56 Å². The zero-order valence-electron chi connectivity index (χ0n) is 18.9. The highest BCUT2D eigenvalue weighted by atomic mass is 35.5. The van der Waals surface area contributed by atoms with E-state index in [2.05, 4.69) is 20.2 Å². The number of amides is 1. The number of pyridine rings is 1. The molecule has 174 valence electrons. The van der Waals surface area contributed by atoms with Crippen molar-refractivity contribution in [2.45, 2.75) is 26.1 Å². The fourth-order valence-electron chi connectivity index (χ4n) is 3.76. The van der Waals surface area contributed by atoms with Crippen LogP contribution in [0.1, 0.15) is 43.9 Å². The number of halogens is 1. The molecule has 0 radical (unpaired) electrons. The molecule has 0 saturated carbocycles.